The van der Waals surface area contributed by atoms with Crippen LogP contribution in [0, 0.1) is 11.3 Å². The molecule has 0 spiro atoms. The minimum absolute atomic E-state index is 0.192. The third-order valence-corrected chi connectivity index (χ3v) is 2.78. The molecule has 1 aromatic carbocycles. The number of benzene rings is 1. The molecule has 19 heavy (non-hydrogen) atoms. The molecule has 0 aliphatic carbocycles. The third-order valence-electron chi connectivity index (χ3n) is 2.78. The molecule has 0 radical (unpaired) electrons. The van der Waals surface area contributed by atoms with Gasteiger partial charge in [-0.05, 0) is 18.2 Å². The number of nitriles is 1. The molecule has 3 aromatic rings. The molecule has 94 valence electrons. The summed E-state index contributed by atoms with van der Waals surface area (Å²) in [6.45, 7) is 0.305. The SMILES string of the molecule is Cn1ccc(COc2c(C#N)oc3ccccc23)n1. The minimum atomic E-state index is 0.192. The van der Waals surface area contributed by atoms with Gasteiger partial charge in [0.2, 0.25) is 5.76 Å². The van der Waals surface area contributed by atoms with Crippen molar-refractivity contribution in [2.24, 2.45) is 7.05 Å². The van der Waals surface area contributed by atoms with Crippen LogP contribution in [0.5, 0.6) is 5.75 Å². The van der Waals surface area contributed by atoms with Crippen molar-refractivity contribution in [1.82, 2.24) is 9.78 Å². The van der Waals surface area contributed by atoms with Crippen molar-refractivity contribution in [1.29, 1.82) is 5.26 Å². The number of hydrogen-bond donors (Lipinski definition) is 0. The normalized spacial score (nSPS) is 10.5. The lowest BCUT2D eigenvalue weighted by atomic mass is 10.2. The highest BCUT2D eigenvalue weighted by atomic mass is 16.5. The van der Waals surface area contributed by atoms with E-state index in [1.54, 1.807) is 4.68 Å². The molecule has 0 aliphatic rings. The summed E-state index contributed by atoms with van der Waals surface area (Å²) < 4.78 is 12.8. The summed E-state index contributed by atoms with van der Waals surface area (Å²) in [5.41, 5.74) is 1.45. The summed E-state index contributed by atoms with van der Waals surface area (Å²) in [4.78, 5) is 0. The zero-order chi connectivity index (χ0) is 13.2. The van der Waals surface area contributed by atoms with Gasteiger partial charge in [0.05, 0.1) is 11.1 Å². The summed E-state index contributed by atoms with van der Waals surface area (Å²) in [5, 5.41) is 14.1. The highest BCUT2D eigenvalue weighted by Crippen LogP contribution is 2.32. The van der Waals surface area contributed by atoms with E-state index >= 15 is 0 Å². The van der Waals surface area contributed by atoms with Crippen molar-refractivity contribution in [3.05, 3.63) is 48.0 Å². The van der Waals surface area contributed by atoms with Crippen LogP contribution in [-0.4, -0.2) is 9.78 Å². The van der Waals surface area contributed by atoms with E-state index in [0.29, 0.717) is 17.9 Å². The molecule has 5 heteroatoms. The fourth-order valence-corrected chi connectivity index (χ4v) is 1.93. The van der Waals surface area contributed by atoms with Crippen molar-refractivity contribution < 1.29 is 9.15 Å². The summed E-state index contributed by atoms with van der Waals surface area (Å²) in [5.74, 6) is 0.667. The van der Waals surface area contributed by atoms with E-state index in [1.807, 2.05) is 49.6 Å². The number of furan rings is 1. The largest absolute Gasteiger partial charge is 0.482 e. The number of ether oxygens (including phenoxy) is 1. The maximum Gasteiger partial charge on any atom is 0.246 e. The van der Waals surface area contributed by atoms with E-state index in [1.165, 1.54) is 0 Å². The minimum Gasteiger partial charge on any atom is -0.482 e. The zero-order valence-corrected chi connectivity index (χ0v) is 10.3. The molecular weight excluding hydrogens is 242 g/mol. The average Bonchev–Trinajstić information content (AvgIpc) is 2.99. The number of nitrogens with zero attached hydrogens (tertiary/aromatic N) is 3. The molecular formula is C14H11N3O2. The van der Waals surface area contributed by atoms with Gasteiger partial charge in [-0.15, -0.1) is 0 Å². The molecule has 0 saturated carbocycles. The summed E-state index contributed by atoms with van der Waals surface area (Å²) in [6.07, 6.45) is 1.84. The van der Waals surface area contributed by atoms with Gasteiger partial charge in [0.1, 0.15) is 18.3 Å². The van der Waals surface area contributed by atoms with Crippen molar-refractivity contribution in [2.75, 3.05) is 0 Å². The third kappa shape index (κ3) is 2.04. The maximum absolute atomic E-state index is 9.08. The van der Waals surface area contributed by atoms with Crippen LogP contribution in [0.25, 0.3) is 11.0 Å². The second-order valence-electron chi connectivity index (χ2n) is 4.14. The number of rotatable bonds is 3. The Labute approximate surface area is 109 Å². The van der Waals surface area contributed by atoms with Crippen LogP contribution in [0.1, 0.15) is 11.5 Å². The van der Waals surface area contributed by atoms with Gasteiger partial charge in [0.25, 0.3) is 0 Å². The Hall–Kier alpha value is -2.74. The van der Waals surface area contributed by atoms with Crippen molar-refractivity contribution in [3.63, 3.8) is 0 Å². The van der Waals surface area contributed by atoms with E-state index in [9.17, 15) is 0 Å². The quantitative estimate of drug-likeness (QED) is 0.719. The molecule has 0 bridgehead atoms. The number of hydrogen-bond acceptors (Lipinski definition) is 4. The van der Waals surface area contributed by atoms with Crippen LogP contribution < -0.4 is 4.74 Å². The highest BCUT2D eigenvalue weighted by molar-refractivity contribution is 5.86. The first-order valence-corrected chi connectivity index (χ1v) is 5.81. The summed E-state index contributed by atoms with van der Waals surface area (Å²) in [7, 11) is 1.84. The fraction of sp³-hybridized carbons (Fsp3) is 0.143. The molecule has 2 heterocycles. The molecule has 3 rings (SSSR count). The predicted octanol–water partition coefficient (Wildman–Crippen LogP) is 2.62. The van der Waals surface area contributed by atoms with E-state index in [2.05, 4.69) is 5.10 Å². The van der Waals surface area contributed by atoms with Gasteiger partial charge in [-0.3, -0.25) is 4.68 Å². The van der Waals surface area contributed by atoms with Crippen molar-refractivity contribution in [2.45, 2.75) is 6.61 Å². The second-order valence-corrected chi connectivity index (χ2v) is 4.14. The first-order valence-electron chi connectivity index (χ1n) is 5.81. The maximum atomic E-state index is 9.08. The molecule has 0 N–H and O–H groups in total. The van der Waals surface area contributed by atoms with Crippen LogP contribution in [-0.2, 0) is 13.7 Å². The number of aromatic nitrogens is 2. The van der Waals surface area contributed by atoms with Crippen molar-refractivity contribution >= 4 is 11.0 Å². The fourth-order valence-electron chi connectivity index (χ4n) is 1.93. The Bertz CT molecular complexity index is 764. The van der Waals surface area contributed by atoms with Crippen LogP contribution in [0.3, 0.4) is 0 Å². The van der Waals surface area contributed by atoms with E-state index in [0.717, 1.165) is 11.1 Å². The van der Waals surface area contributed by atoms with Gasteiger partial charge in [0, 0.05) is 13.2 Å². The van der Waals surface area contributed by atoms with Gasteiger partial charge in [0.15, 0.2) is 5.75 Å². The average molecular weight is 253 g/mol. The number of fused-ring (bicyclic) bond motifs is 1. The topological polar surface area (TPSA) is 64.0 Å². The lowest BCUT2D eigenvalue weighted by molar-refractivity contribution is 0.297. The molecule has 0 amide bonds. The van der Waals surface area contributed by atoms with E-state index in [-0.39, 0.29) is 5.76 Å². The standard InChI is InChI=1S/C14H11N3O2/c1-17-7-6-10(16-17)9-18-14-11-4-2-3-5-12(11)19-13(14)8-15/h2-7H,9H2,1H3. The molecule has 5 nitrogen and oxygen atoms in total. The Morgan fingerprint density at radius 3 is 2.95 bits per heavy atom. The highest BCUT2D eigenvalue weighted by Gasteiger charge is 2.15. The van der Waals surface area contributed by atoms with Gasteiger partial charge < -0.3 is 9.15 Å². The number of aryl methyl sites for hydroxylation is 1. The molecule has 0 atom stereocenters. The number of para-hydroxylation sites is 1. The van der Waals surface area contributed by atoms with Crippen LogP contribution in [0.4, 0.5) is 0 Å². The van der Waals surface area contributed by atoms with Crippen LogP contribution in [0.2, 0.25) is 0 Å². The molecule has 0 aliphatic heterocycles. The van der Waals surface area contributed by atoms with Crippen LogP contribution in [0.15, 0.2) is 40.9 Å². The first-order chi connectivity index (χ1) is 9.28. The summed E-state index contributed by atoms with van der Waals surface area (Å²) in [6, 6.07) is 11.3. The molecule has 0 unspecified atom stereocenters. The van der Waals surface area contributed by atoms with Gasteiger partial charge >= 0.3 is 0 Å². The second kappa shape index (κ2) is 4.50. The monoisotopic (exact) mass is 253 g/mol. The van der Waals surface area contributed by atoms with E-state index in [4.69, 9.17) is 14.4 Å². The Kier molecular flexibility index (Phi) is 2.69. The van der Waals surface area contributed by atoms with Crippen LogP contribution >= 0.6 is 0 Å². The lowest BCUT2D eigenvalue weighted by Crippen LogP contribution is -1.98. The summed E-state index contributed by atoms with van der Waals surface area (Å²) >= 11 is 0. The first kappa shape index (κ1) is 11.4. The van der Waals surface area contributed by atoms with Gasteiger partial charge in [-0.25, -0.2) is 0 Å². The smallest absolute Gasteiger partial charge is 0.246 e. The van der Waals surface area contributed by atoms with Gasteiger partial charge in [-0.1, -0.05) is 12.1 Å². The lowest BCUT2D eigenvalue weighted by Gasteiger charge is -2.01. The molecule has 0 saturated heterocycles. The zero-order valence-electron chi connectivity index (χ0n) is 10.3. The Balaban J connectivity index is 1.93. The van der Waals surface area contributed by atoms with Gasteiger partial charge in [-0.2, -0.15) is 10.4 Å². The molecule has 2 aromatic heterocycles. The Morgan fingerprint density at radius 2 is 2.21 bits per heavy atom. The van der Waals surface area contributed by atoms with Crippen molar-refractivity contribution in [3.8, 4) is 11.8 Å². The predicted molar refractivity (Wildman–Crippen MR) is 68.5 cm³/mol. The Morgan fingerprint density at radius 1 is 1.37 bits per heavy atom. The van der Waals surface area contributed by atoms with E-state index < -0.39 is 0 Å². The molecule has 0 fully saturated rings.